The SMILES string of the molecule is Fc1ccc(C2CNC2)c(Br)c1. The maximum absolute atomic E-state index is 12.7. The minimum Gasteiger partial charge on any atom is -0.315 e. The fourth-order valence-electron chi connectivity index (χ4n) is 1.34. The second kappa shape index (κ2) is 3.15. The molecular weight excluding hydrogens is 221 g/mol. The normalized spacial score (nSPS) is 17.5. The lowest BCUT2D eigenvalue weighted by atomic mass is 9.94. The molecule has 1 aliphatic rings. The summed E-state index contributed by atoms with van der Waals surface area (Å²) in [4.78, 5) is 0. The molecule has 1 heterocycles. The van der Waals surface area contributed by atoms with E-state index in [2.05, 4.69) is 21.2 Å². The quantitative estimate of drug-likeness (QED) is 0.780. The van der Waals surface area contributed by atoms with E-state index in [1.54, 1.807) is 0 Å². The van der Waals surface area contributed by atoms with E-state index in [4.69, 9.17) is 0 Å². The van der Waals surface area contributed by atoms with Crippen LogP contribution in [0.15, 0.2) is 22.7 Å². The molecule has 1 N–H and O–H groups in total. The zero-order chi connectivity index (χ0) is 8.55. The van der Waals surface area contributed by atoms with Crippen molar-refractivity contribution in [2.75, 3.05) is 13.1 Å². The molecule has 0 unspecified atom stereocenters. The highest BCUT2D eigenvalue weighted by molar-refractivity contribution is 9.10. The van der Waals surface area contributed by atoms with Crippen LogP contribution in [0, 0.1) is 5.82 Å². The van der Waals surface area contributed by atoms with Crippen LogP contribution in [0.1, 0.15) is 11.5 Å². The molecule has 0 atom stereocenters. The van der Waals surface area contributed by atoms with Gasteiger partial charge in [0.05, 0.1) is 0 Å². The second-order valence-corrected chi connectivity index (χ2v) is 3.88. The van der Waals surface area contributed by atoms with Crippen molar-refractivity contribution in [1.82, 2.24) is 5.32 Å². The van der Waals surface area contributed by atoms with Crippen LogP contribution in [0.25, 0.3) is 0 Å². The minimum atomic E-state index is -0.182. The van der Waals surface area contributed by atoms with Crippen LogP contribution in [-0.4, -0.2) is 13.1 Å². The summed E-state index contributed by atoms with van der Waals surface area (Å²) >= 11 is 3.35. The average molecular weight is 230 g/mol. The molecule has 1 aromatic carbocycles. The lowest BCUT2D eigenvalue weighted by molar-refractivity contribution is 0.446. The Hall–Kier alpha value is -0.410. The molecule has 0 saturated carbocycles. The lowest BCUT2D eigenvalue weighted by Crippen LogP contribution is -2.40. The number of halogens is 2. The Bertz CT molecular complexity index is 297. The molecule has 0 aromatic heterocycles. The zero-order valence-corrected chi connectivity index (χ0v) is 8.07. The molecule has 1 saturated heterocycles. The van der Waals surface area contributed by atoms with Crippen LogP contribution >= 0.6 is 15.9 Å². The van der Waals surface area contributed by atoms with Gasteiger partial charge < -0.3 is 5.32 Å². The molecule has 0 aliphatic carbocycles. The summed E-state index contributed by atoms with van der Waals surface area (Å²) in [6.07, 6.45) is 0. The van der Waals surface area contributed by atoms with Crippen molar-refractivity contribution in [3.63, 3.8) is 0 Å². The molecule has 1 nitrogen and oxygen atoms in total. The topological polar surface area (TPSA) is 12.0 Å². The Morgan fingerprint density at radius 3 is 2.67 bits per heavy atom. The molecule has 0 bridgehead atoms. The number of rotatable bonds is 1. The fraction of sp³-hybridized carbons (Fsp3) is 0.333. The van der Waals surface area contributed by atoms with Gasteiger partial charge in [0.25, 0.3) is 0 Å². The first kappa shape index (κ1) is 8.20. The van der Waals surface area contributed by atoms with Crippen molar-refractivity contribution in [2.24, 2.45) is 0 Å². The van der Waals surface area contributed by atoms with Crippen LogP contribution in [0.3, 0.4) is 0 Å². The summed E-state index contributed by atoms with van der Waals surface area (Å²) in [6, 6.07) is 4.89. The average Bonchev–Trinajstić information content (AvgIpc) is 1.91. The summed E-state index contributed by atoms with van der Waals surface area (Å²) in [5.41, 5.74) is 1.20. The Labute approximate surface area is 79.1 Å². The van der Waals surface area contributed by atoms with Gasteiger partial charge in [-0.3, -0.25) is 0 Å². The third-order valence-corrected chi connectivity index (χ3v) is 2.87. The van der Waals surface area contributed by atoms with Gasteiger partial charge in [0.1, 0.15) is 5.82 Å². The van der Waals surface area contributed by atoms with Crippen molar-refractivity contribution in [3.05, 3.63) is 34.1 Å². The highest BCUT2D eigenvalue weighted by Gasteiger charge is 2.20. The molecule has 1 aromatic rings. The fourth-order valence-corrected chi connectivity index (χ4v) is 2.02. The van der Waals surface area contributed by atoms with E-state index in [1.807, 2.05) is 6.07 Å². The predicted octanol–water partition coefficient (Wildman–Crippen LogP) is 2.28. The Kier molecular flexibility index (Phi) is 2.15. The van der Waals surface area contributed by atoms with Gasteiger partial charge in [-0.15, -0.1) is 0 Å². The zero-order valence-electron chi connectivity index (χ0n) is 6.48. The number of hydrogen-bond acceptors (Lipinski definition) is 1. The van der Waals surface area contributed by atoms with Gasteiger partial charge in [-0.2, -0.15) is 0 Å². The van der Waals surface area contributed by atoms with E-state index in [1.165, 1.54) is 17.7 Å². The minimum absolute atomic E-state index is 0.182. The van der Waals surface area contributed by atoms with E-state index in [-0.39, 0.29) is 5.82 Å². The molecule has 0 radical (unpaired) electrons. The first-order valence-corrected chi connectivity index (χ1v) is 4.72. The van der Waals surface area contributed by atoms with E-state index < -0.39 is 0 Å². The summed E-state index contributed by atoms with van der Waals surface area (Å²) < 4.78 is 13.6. The van der Waals surface area contributed by atoms with Gasteiger partial charge in [-0.25, -0.2) is 4.39 Å². The molecule has 1 fully saturated rings. The van der Waals surface area contributed by atoms with Crippen molar-refractivity contribution in [1.29, 1.82) is 0 Å². The van der Waals surface area contributed by atoms with Crippen LogP contribution in [0.4, 0.5) is 4.39 Å². The van der Waals surface area contributed by atoms with E-state index >= 15 is 0 Å². The summed E-state index contributed by atoms with van der Waals surface area (Å²) in [7, 11) is 0. The number of benzene rings is 1. The standard InChI is InChI=1S/C9H9BrFN/c10-9-3-7(11)1-2-8(9)6-4-12-5-6/h1-3,6,12H,4-5H2. The smallest absolute Gasteiger partial charge is 0.124 e. The van der Waals surface area contributed by atoms with Crippen LogP contribution in [0.2, 0.25) is 0 Å². The highest BCUT2D eigenvalue weighted by atomic mass is 79.9. The predicted molar refractivity (Wildman–Crippen MR) is 49.7 cm³/mol. The molecule has 12 heavy (non-hydrogen) atoms. The summed E-state index contributed by atoms with van der Waals surface area (Å²) in [5, 5.41) is 3.19. The molecule has 64 valence electrons. The van der Waals surface area contributed by atoms with Gasteiger partial charge in [-0.05, 0) is 17.7 Å². The van der Waals surface area contributed by atoms with E-state index in [9.17, 15) is 4.39 Å². The maximum Gasteiger partial charge on any atom is 0.124 e. The van der Waals surface area contributed by atoms with Crippen molar-refractivity contribution < 1.29 is 4.39 Å². The third kappa shape index (κ3) is 1.39. The number of hydrogen-bond donors (Lipinski definition) is 1. The molecular formula is C9H9BrFN. The van der Waals surface area contributed by atoms with Crippen molar-refractivity contribution >= 4 is 15.9 Å². The first-order valence-electron chi connectivity index (χ1n) is 3.93. The summed E-state index contributed by atoms with van der Waals surface area (Å²) in [5.74, 6) is 0.373. The lowest BCUT2D eigenvalue weighted by Gasteiger charge is -2.28. The van der Waals surface area contributed by atoms with Crippen LogP contribution in [-0.2, 0) is 0 Å². The Morgan fingerprint density at radius 1 is 1.42 bits per heavy atom. The van der Waals surface area contributed by atoms with Crippen molar-refractivity contribution in [2.45, 2.75) is 5.92 Å². The largest absolute Gasteiger partial charge is 0.315 e. The molecule has 3 heteroatoms. The molecule has 1 aliphatic heterocycles. The van der Waals surface area contributed by atoms with Gasteiger partial charge in [-0.1, -0.05) is 22.0 Å². The summed E-state index contributed by atoms with van der Waals surface area (Å²) in [6.45, 7) is 2.01. The second-order valence-electron chi connectivity index (χ2n) is 3.02. The van der Waals surface area contributed by atoms with Gasteiger partial charge in [0.2, 0.25) is 0 Å². The van der Waals surface area contributed by atoms with Gasteiger partial charge >= 0.3 is 0 Å². The van der Waals surface area contributed by atoms with E-state index in [0.717, 1.165) is 17.6 Å². The Morgan fingerprint density at radius 2 is 2.17 bits per heavy atom. The van der Waals surface area contributed by atoms with Gasteiger partial charge in [0, 0.05) is 23.5 Å². The molecule has 2 rings (SSSR count). The monoisotopic (exact) mass is 229 g/mol. The maximum atomic E-state index is 12.7. The first-order chi connectivity index (χ1) is 5.77. The van der Waals surface area contributed by atoms with Crippen LogP contribution in [0.5, 0.6) is 0 Å². The van der Waals surface area contributed by atoms with Gasteiger partial charge in [0.15, 0.2) is 0 Å². The van der Waals surface area contributed by atoms with Crippen LogP contribution < -0.4 is 5.32 Å². The highest BCUT2D eigenvalue weighted by Crippen LogP contribution is 2.27. The molecule has 0 amide bonds. The van der Waals surface area contributed by atoms with Crippen molar-refractivity contribution in [3.8, 4) is 0 Å². The Balaban J connectivity index is 2.31. The number of nitrogens with one attached hydrogen (secondary N) is 1. The van der Waals surface area contributed by atoms with E-state index in [0.29, 0.717) is 5.92 Å². The third-order valence-electron chi connectivity index (χ3n) is 2.18. The molecule has 0 spiro atoms.